The van der Waals surface area contributed by atoms with E-state index >= 15 is 0 Å². The van der Waals surface area contributed by atoms with E-state index < -0.39 is 5.91 Å². The molecule has 3 aromatic carbocycles. The summed E-state index contributed by atoms with van der Waals surface area (Å²) in [5.41, 5.74) is 13.5. The number of primary amides is 1. The molecule has 6 aromatic heterocycles. The van der Waals surface area contributed by atoms with Crippen LogP contribution in [0.5, 0.6) is 23.1 Å². The first-order valence-electron chi connectivity index (χ1n) is 24.5. The zero-order valence-corrected chi connectivity index (χ0v) is 47.4. The van der Waals surface area contributed by atoms with Gasteiger partial charge in [-0.1, -0.05) is 58.5 Å². The number of fused-ring (bicyclic) bond motifs is 6. The van der Waals surface area contributed by atoms with Crippen LogP contribution in [0.25, 0.3) is 30.3 Å². The van der Waals surface area contributed by atoms with Crippen LogP contribution in [-0.2, 0) is 46.5 Å². The summed E-state index contributed by atoms with van der Waals surface area (Å²) in [6, 6.07) is 22.2. The predicted molar refractivity (Wildman–Crippen MR) is 307 cm³/mol. The molecule has 396 valence electrons. The Balaban J connectivity index is 0.000000132. The Bertz CT molecular complexity index is 3930. The Morgan fingerprint density at radius 3 is 1.77 bits per heavy atom. The topological polar surface area (TPSA) is 194 Å². The molecule has 0 fully saturated rings. The van der Waals surface area contributed by atoms with Gasteiger partial charge in [-0.15, -0.1) is 34.0 Å². The normalized spacial score (nSPS) is 15.7. The largest absolute Gasteiger partial charge is 0.486 e. The number of thiophene rings is 3. The van der Waals surface area contributed by atoms with Crippen LogP contribution in [0.1, 0.15) is 113 Å². The number of nitrogens with two attached hydrogens (primary N) is 1. The van der Waals surface area contributed by atoms with E-state index in [4.69, 9.17) is 76.3 Å². The number of Topliss-reactive ketones (excluding diaryl/α,β-unsaturated/α-hetero) is 3. The fourth-order valence-electron chi connectivity index (χ4n) is 9.80. The number of hydrogen-bond donors (Lipinski definition) is 1. The number of nitriles is 1. The van der Waals surface area contributed by atoms with Gasteiger partial charge < -0.3 is 24.7 Å². The Kier molecular flexibility index (Phi) is 16.4. The van der Waals surface area contributed by atoms with Crippen LogP contribution in [0.2, 0.25) is 20.1 Å². The molecule has 0 bridgehead atoms. The maximum atomic E-state index is 11.4. The number of halogens is 4. The van der Waals surface area contributed by atoms with Crippen LogP contribution >= 0.6 is 80.4 Å². The van der Waals surface area contributed by atoms with Gasteiger partial charge in [0, 0.05) is 79.6 Å². The molecule has 0 saturated carbocycles. The summed E-state index contributed by atoms with van der Waals surface area (Å²) in [5, 5.41) is 19.8. The lowest BCUT2D eigenvalue weighted by molar-refractivity contribution is -0.117. The third kappa shape index (κ3) is 11.7. The smallest absolute Gasteiger partial charge is 0.267 e. The van der Waals surface area contributed by atoms with Crippen molar-refractivity contribution < 1.29 is 38.1 Å². The molecule has 20 heteroatoms. The third-order valence-corrected chi connectivity index (χ3v) is 17.5. The fourth-order valence-corrected chi connectivity index (χ4v) is 14.3. The molecular formula is C58H45Cl4N5O8S3. The van der Waals surface area contributed by atoms with Gasteiger partial charge >= 0.3 is 0 Å². The van der Waals surface area contributed by atoms with Gasteiger partial charge in [0.25, 0.3) is 5.91 Å². The molecule has 7 heterocycles. The average Bonchev–Trinajstić information content (AvgIpc) is 4.38. The second-order valence-electron chi connectivity index (χ2n) is 18.9. The van der Waals surface area contributed by atoms with Gasteiger partial charge in [-0.25, -0.2) is 15.0 Å². The molecule has 0 spiro atoms. The Morgan fingerprint density at radius 1 is 0.667 bits per heavy atom. The third-order valence-electron chi connectivity index (χ3n) is 13.2. The van der Waals surface area contributed by atoms with Gasteiger partial charge in [-0.05, 0) is 128 Å². The first-order valence-corrected chi connectivity index (χ1v) is 28.7. The lowest BCUT2D eigenvalue weighted by atomic mass is 10.1. The Morgan fingerprint density at radius 2 is 1.21 bits per heavy atom. The van der Waals surface area contributed by atoms with E-state index in [1.165, 1.54) is 11.3 Å². The van der Waals surface area contributed by atoms with Crippen LogP contribution < -0.4 is 24.7 Å². The molecule has 2 aliphatic carbocycles. The standard InChI is InChI=1S/C20H17ClN2O3S.C20H15ClN2O2S.C18H13Cl2NO3S/c1-10(24)6-11-9-27-18-8-12(7-14(21)19(11)18)26-17-5-4-15-13(17)2-3-16(23-15)20(22)25;1-11(24)6-12-10-26-19-8-14(7-16(21)20(12)19)25-18-5-4-17-15(18)3-2-13(9-22)23-17;1-9(22)5-10-8-25-17-15(10)12(19)6-13(16(17)20)24-14-7-23-18-11(14)3-2-4-21-18/h2-3,7-9,17H,4-6H2,1H3,(H2,22,25);2-3,7-8,10,18H,4-6H2,1H3;2-4,6,8,14H,5,7H2,1H3. The number of ether oxygens (including phenoxy) is 4. The zero-order chi connectivity index (χ0) is 54.9. The monoisotopic (exact) mass is 1180 g/mol. The van der Waals surface area contributed by atoms with E-state index in [2.05, 4.69) is 21.0 Å². The predicted octanol–water partition coefficient (Wildman–Crippen LogP) is 14.5. The van der Waals surface area contributed by atoms with E-state index in [1.54, 1.807) is 73.9 Å². The highest BCUT2D eigenvalue weighted by molar-refractivity contribution is 7.18. The van der Waals surface area contributed by atoms with Crippen LogP contribution in [0, 0.1) is 11.3 Å². The summed E-state index contributed by atoms with van der Waals surface area (Å²) >= 11 is 30.6. The lowest BCUT2D eigenvalue weighted by Crippen LogP contribution is -2.14. The van der Waals surface area contributed by atoms with Crippen molar-refractivity contribution in [1.29, 1.82) is 5.26 Å². The van der Waals surface area contributed by atoms with Crippen LogP contribution in [0.4, 0.5) is 0 Å². The first-order chi connectivity index (χ1) is 37.5. The molecule has 0 radical (unpaired) electrons. The number of ketones is 3. The van der Waals surface area contributed by atoms with Crippen molar-refractivity contribution in [2.24, 2.45) is 5.73 Å². The van der Waals surface area contributed by atoms with E-state index in [9.17, 15) is 19.2 Å². The number of nitrogens with zero attached hydrogens (tertiary/aromatic N) is 4. The first kappa shape index (κ1) is 54.7. The number of aromatic nitrogens is 3. The van der Waals surface area contributed by atoms with Crippen molar-refractivity contribution in [1.82, 2.24) is 15.0 Å². The Hall–Kier alpha value is -6.68. The van der Waals surface area contributed by atoms with Crippen LogP contribution in [0.15, 0.2) is 89.1 Å². The SMILES string of the molecule is CC(=O)Cc1csc2c(Cl)c(OC3COc4ncccc43)cc(Cl)c12.CC(=O)Cc1csc2cc(OC3CCc4nc(C#N)ccc43)cc(Cl)c12.CC(=O)Cc1csc2cc(OC3CCc4nc(C(N)=O)ccc43)cc(Cl)c12. The Labute approximate surface area is 479 Å². The quantitative estimate of drug-likeness (QED) is 0.115. The molecule has 2 N–H and O–H groups in total. The van der Waals surface area contributed by atoms with Crippen molar-refractivity contribution >= 4 is 134 Å². The number of rotatable bonds is 13. The van der Waals surface area contributed by atoms with Crippen molar-refractivity contribution in [2.45, 2.75) is 84.0 Å². The molecule has 12 rings (SSSR count). The average molecular weight is 1180 g/mol. The van der Waals surface area contributed by atoms with Gasteiger partial charge in [0.2, 0.25) is 5.88 Å². The van der Waals surface area contributed by atoms with E-state index in [-0.39, 0.29) is 41.4 Å². The number of carbonyl (C=O) groups excluding carboxylic acids is 4. The zero-order valence-electron chi connectivity index (χ0n) is 41.9. The van der Waals surface area contributed by atoms with Gasteiger partial charge in [-0.3, -0.25) is 19.2 Å². The summed E-state index contributed by atoms with van der Waals surface area (Å²) in [5.74, 6) is 2.25. The number of aryl methyl sites for hydroxylation is 2. The summed E-state index contributed by atoms with van der Waals surface area (Å²) in [6.07, 6.45) is 5.41. The van der Waals surface area contributed by atoms with Crippen LogP contribution in [0.3, 0.4) is 0 Å². The van der Waals surface area contributed by atoms with Gasteiger partial charge in [0.1, 0.15) is 75.9 Å². The summed E-state index contributed by atoms with van der Waals surface area (Å²) in [6.45, 7) is 5.09. The number of carbonyl (C=O) groups is 4. The van der Waals surface area contributed by atoms with Gasteiger partial charge in [-0.2, -0.15) is 5.26 Å². The van der Waals surface area contributed by atoms with E-state index in [0.717, 1.165) is 101 Å². The molecule has 0 saturated heterocycles. The highest BCUT2D eigenvalue weighted by atomic mass is 35.5. The fraction of sp³-hybridized carbons (Fsp3) is 0.241. The minimum absolute atomic E-state index is 0.0828. The van der Waals surface area contributed by atoms with Crippen molar-refractivity contribution in [3.8, 4) is 29.2 Å². The van der Waals surface area contributed by atoms with Crippen molar-refractivity contribution in [2.75, 3.05) is 6.61 Å². The highest BCUT2D eigenvalue weighted by Crippen LogP contribution is 2.46. The molecule has 9 aromatic rings. The molecule has 1 amide bonds. The van der Waals surface area contributed by atoms with E-state index in [0.29, 0.717) is 74.8 Å². The minimum atomic E-state index is -0.529. The van der Waals surface area contributed by atoms with Crippen LogP contribution in [-0.4, -0.2) is 44.8 Å². The molecule has 13 nitrogen and oxygen atoms in total. The second-order valence-corrected chi connectivity index (χ2v) is 23.2. The summed E-state index contributed by atoms with van der Waals surface area (Å²) in [7, 11) is 0. The summed E-state index contributed by atoms with van der Waals surface area (Å²) < 4.78 is 26.8. The number of pyridine rings is 3. The maximum Gasteiger partial charge on any atom is 0.267 e. The molecule has 3 aliphatic rings. The molecule has 3 unspecified atom stereocenters. The molecule has 1 aliphatic heterocycles. The van der Waals surface area contributed by atoms with Crippen molar-refractivity contribution in [3.05, 3.63) is 165 Å². The molecular weight excluding hydrogens is 1130 g/mol. The number of amides is 1. The summed E-state index contributed by atoms with van der Waals surface area (Å²) in [4.78, 5) is 58.5. The number of hydrogen-bond acceptors (Lipinski definition) is 15. The second kappa shape index (κ2) is 23.3. The molecule has 78 heavy (non-hydrogen) atoms. The van der Waals surface area contributed by atoms with Gasteiger partial charge in [0.15, 0.2) is 6.10 Å². The van der Waals surface area contributed by atoms with Crippen molar-refractivity contribution in [3.63, 3.8) is 0 Å². The lowest BCUT2D eigenvalue weighted by Gasteiger charge is -2.15. The van der Waals surface area contributed by atoms with Gasteiger partial charge in [0.05, 0.1) is 25.3 Å². The molecule has 3 atom stereocenters. The highest BCUT2D eigenvalue weighted by Gasteiger charge is 2.30. The van der Waals surface area contributed by atoms with E-state index in [1.807, 2.05) is 58.6 Å². The minimum Gasteiger partial charge on any atom is -0.486 e. The number of benzene rings is 3. The maximum absolute atomic E-state index is 11.4.